The monoisotopic (exact) mass is 267 g/mol. The zero-order valence-electron chi connectivity index (χ0n) is 10.7. The molecule has 0 unspecified atom stereocenters. The molecule has 0 atom stereocenters. The molecule has 1 aliphatic heterocycles. The molecule has 3 rings (SSSR count). The van der Waals surface area contributed by atoms with Crippen LogP contribution in [0.3, 0.4) is 0 Å². The number of phenolic OH excluding ortho intramolecular Hbond substituents is 1. The fourth-order valence-corrected chi connectivity index (χ4v) is 2.92. The van der Waals surface area contributed by atoms with Gasteiger partial charge in [-0.2, -0.15) is 0 Å². The Kier molecular flexibility index (Phi) is 3.01. The first-order valence-corrected chi connectivity index (χ1v) is 6.69. The number of fused-ring (bicyclic) bond motifs is 1. The molecule has 0 radical (unpaired) electrons. The molecule has 5 heteroatoms. The maximum Gasteiger partial charge on any atom is 0.169 e. The molecule has 0 aromatic heterocycles. The van der Waals surface area contributed by atoms with E-state index < -0.39 is 5.82 Å². The van der Waals surface area contributed by atoms with Gasteiger partial charge in [0.2, 0.25) is 0 Å². The lowest BCUT2D eigenvalue weighted by Crippen LogP contribution is -2.42. The van der Waals surface area contributed by atoms with Crippen LogP contribution in [0.1, 0.15) is 31.2 Å². The average Bonchev–Trinajstić information content (AvgIpc) is 2.58. The summed E-state index contributed by atoms with van der Waals surface area (Å²) < 4.78 is 25.1. The van der Waals surface area contributed by atoms with E-state index in [9.17, 15) is 9.50 Å². The zero-order chi connectivity index (χ0) is 13.5. The summed E-state index contributed by atoms with van der Waals surface area (Å²) in [7, 11) is 0. The highest BCUT2D eigenvalue weighted by atomic mass is 19.1. The summed E-state index contributed by atoms with van der Waals surface area (Å²) in [6.07, 6.45) is 3.46. The Bertz CT molecular complexity index is 494. The van der Waals surface area contributed by atoms with Crippen molar-refractivity contribution in [2.24, 2.45) is 5.73 Å². The standard InChI is InChI=1S/C14H18FNO3/c15-9-7-10-13(19-6-2-5-18-10)11(12(9)17)14(8-16)3-1-4-14/h7,17H,1-6,8,16H2. The Morgan fingerprint density at radius 1 is 1.26 bits per heavy atom. The minimum atomic E-state index is -0.668. The number of hydrogen-bond acceptors (Lipinski definition) is 4. The van der Waals surface area contributed by atoms with E-state index in [4.69, 9.17) is 15.2 Å². The Labute approximate surface area is 111 Å². The second-order valence-corrected chi connectivity index (χ2v) is 5.30. The number of nitrogens with two attached hydrogens (primary N) is 1. The fourth-order valence-electron chi connectivity index (χ4n) is 2.92. The maximum absolute atomic E-state index is 13.9. The fraction of sp³-hybridized carbons (Fsp3) is 0.571. The van der Waals surface area contributed by atoms with Gasteiger partial charge in [0.15, 0.2) is 23.1 Å². The predicted octanol–water partition coefficient (Wildman–Crippen LogP) is 2.07. The van der Waals surface area contributed by atoms with Gasteiger partial charge in [-0.25, -0.2) is 4.39 Å². The Hall–Kier alpha value is -1.49. The van der Waals surface area contributed by atoms with Gasteiger partial charge in [-0.05, 0) is 12.8 Å². The minimum absolute atomic E-state index is 0.339. The highest BCUT2D eigenvalue weighted by Gasteiger charge is 2.43. The van der Waals surface area contributed by atoms with E-state index in [1.165, 1.54) is 6.07 Å². The normalized spacial score (nSPS) is 20.5. The van der Waals surface area contributed by atoms with Crippen molar-refractivity contribution in [3.05, 3.63) is 17.4 Å². The van der Waals surface area contributed by atoms with Crippen molar-refractivity contribution >= 4 is 0 Å². The highest BCUT2D eigenvalue weighted by Crippen LogP contribution is 2.53. The van der Waals surface area contributed by atoms with Gasteiger partial charge >= 0.3 is 0 Å². The lowest BCUT2D eigenvalue weighted by molar-refractivity contribution is 0.225. The molecule has 0 spiro atoms. The molecule has 3 N–H and O–H groups in total. The largest absolute Gasteiger partial charge is 0.505 e. The van der Waals surface area contributed by atoms with Gasteiger partial charge in [0.1, 0.15) is 0 Å². The predicted molar refractivity (Wildman–Crippen MR) is 68.3 cm³/mol. The first-order chi connectivity index (χ1) is 9.18. The molecule has 0 amide bonds. The van der Waals surface area contributed by atoms with Crippen molar-refractivity contribution < 1.29 is 19.0 Å². The molecule has 2 aliphatic rings. The van der Waals surface area contributed by atoms with Gasteiger partial charge in [-0.15, -0.1) is 0 Å². The van der Waals surface area contributed by atoms with Gasteiger partial charge in [0.25, 0.3) is 0 Å². The van der Waals surface area contributed by atoms with Crippen LogP contribution in [0, 0.1) is 5.82 Å². The Morgan fingerprint density at radius 2 is 2.00 bits per heavy atom. The topological polar surface area (TPSA) is 64.7 Å². The van der Waals surface area contributed by atoms with Crippen molar-refractivity contribution in [1.29, 1.82) is 0 Å². The van der Waals surface area contributed by atoms with Crippen LogP contribution < -0.4 is 15.2 Å². The summed E-state index contributed by atoms with van der Waals surface area (Å²) in [5.41, 5.74) is 5.99. The molecule has 1 aromatic carbocycles. The first-order valence-electron chi connectivity index (χ1n) is 6.69. The van der Waals surface area contributed by atoms with Crippen LogP contribution in [0.25, 0.3) is 0 Å². The number of aromatic hydroxyl groups is 1. The molecule has 1 aliphatic carbocycles. The number of phenols is 1. The maximum atomic E-state index is 13.9. The van der Waals surface area contributed by atoms with Crippen LogP contribution >= 0.6 is 0 Å². The van der Waals surface area contributed by atoms with Gasteiger partial charge in [-0.3, -0.25) is 0 Å². The summed E-state index contributed by atoms with van der Waals surface area (Å²) >= 11 is 0. The second-order valence-electron chi connectivity index (χ2n) is 5.30. The van der Waals surface area contributed by atoms with Crippen LogP contribution in [0.5, 0.6) is 17.2 Å². The van der Waals surface area contributed by atoms with Crippen molar-refractivity contribution in [1.82, 2.24) is 0 Å². The zero-order valence-corrected chi connectivity index (χ0v) is 10.7. The SMILES string of the molecule is NCC1(c2c(O)c(F)cc3c2OCCCO3)CCC1. The average molecular weight is 267 g/mol. The molecule has 1 heterocycles. The van der Waals surface area contributed by atoms with E-state index >= 15 is 0 Å². The van der Waals surface area contributed by atoms with Crippen molar-refractivity contribution in [3.8, 4) is 17.2 Å². The number of hydrogen-bond donors (Lipinski definition) is 2. The third kappa shape index (κ3) is 1.84. The molecule has 4 nitrogen and oxygen atoms in total. The van der Waals surface area contributed by atoms with Gasteiger partial charge < -0.3 is 20.3 Å². The molecule has 0 saturated heterocycles. The quantitative estimate of drug-likeness (QED) is 0.861. The lowest BCUT2D eigenvalue weighted by atomic mass is 9.64. The van der Waals surface area contributed by atoms with Crippen LogP contribution in [-0.2, 0) is 5.41 Å². The van der Waals surface area contributed by atoms with Crippen molar-refractivity contribution in [2.45, 2.75) is 31.1 Å². The number of rotatable bonds is 2. The molecule has 19 heavy (non-hydrogen) atoms. The van der Waals surface area contributed by atoms with Gasteiger partial charge in [0, 0.05) is 24.4 Å². The molecule has 1 saturated carbocycles. The van der Waals surface area contributed by atoms with Crippen molar-refractivity contribution in [3.63, 3.8) is 0 Å². The summed E-state index contributed by atoms with van der Waals surface area (Å²) in [5.74, 6) is -0.155. The third-order valence-electron chi connectivity index (χ3n) is 4.20. The minimum Gasteiger partial charge on any atom is -0.505 e. The second kappa shape index (κ2) is 4.56. The third-order valence-corrected chi connectivity index (χ3v) is 4.20. The van der Waals surface area contributed by atoms with E-state index in [-0.39, 0.29) is 11.2 Å². The van der Waals surface area contributed by atoms with E-state index in [2.05, 4.69) is 0 Å². The van der Waals surface area contributed by atoms with Crippen LogP contribution in [0.2, 0.25) is 0 Å². The molecule has 104 valence electrons. The van der Waals surface area contributed by atoms with E-state index in [0.717, 1.165) is 25.7 Å². The van der Waals surface area contributed by atoms with Crippen molar-refractivity contribution in [2.75, 3.05) is 19.8 Å². The number of benzene rings is 1. The Morgan fingerprint density at radius 3 is 2.63 bits per heavy atom. The summed E-state index contributed by atoms with van der Waals surface area (Å²) in [6, 6.07) is 1.20. The van der Waals surface area contributed by atoms with Crippen LogP contribution in [0.4, 0.5) is 4.39 Å². The number of ether oxygens (including phenoxy) is 2. The summed E-state index contributed by atoms with van der Waals surface area (Å²) in [5, 5.41) is 10.1. The van der Waals surface area contributed by atoms with Crippen LogP contribution in [-0.4, -0.2) is 24.9 Å². The lowest BCUT2D eigenvalue weighted by Gasteiger charge is -2.42. The molecular weight excluding hydrogens is 249 g/mol. The van der Waals surface area contributed by atoms with Gasteiger partial charge in [-0.1, -0.05) is 6.42 Å². The summed E-state index contributed by atoms with van der Waals surface area (Å²) in [4.78, 5) is 0. The molecule has 1 fully saturated rings. The first kappa shape index (κ1) is 12.5. The van der Waals surface area contributed by atoms with Crippen LogP contribution in [0.15, 0.2) is 6.07 Å². The van der Waals surface area contributed by atoms with E-state index in [0.29, 0.717) is 36.8 Å². The number of halogens is 1. The molecule has 1 aromatic rings. The van der Waals surface area contributed by atoms with E-state index in [1.54, 1.807) is 0 Å². The smallest absolute Gasteiger partial charge is 0.169 e. The molecule has 0 bridgehead atoms. The molecular formula is C14H18FNO3. The Balaban J connectivity index is 2.18. The van der Waals surface area contributed by atoms with Gasteiger partial charge in [0.05, 0.1) is 18.8 Å². The van der Waals surface area contributed by atoms with E-state index in [1.807, 2.05) is 0 Å². The highest BCUT2D eigenvalue weighted by molar-refractivity contribution is 5.58. The summed E-state index contributed by atoms with van der Waals surface area (Å²) in [6.45, 7) is 1.37.